The summed E-state index contributed by atoms with van der Waals surface area (Å²) in [5.41, 5.74) is 1.20. The molecule has 0 N–H and O–H groups in total. The van der Waals surface area contributed by atoms with Crippen molar-refractivity contribution < 1.29 is 4.92 Å². The predicted molar refractivity (Wildman–Crippen MR) is 52.1 cm³/mol. The Hall–Kier alpha value is -2.42. The Morgan fingerprint density at radius 1 is 1.60 bits per heavy atom. The van der Waals surface area contributed by atoms with Gasteiger partial charge in [0.25, 0.3) is 5.69 Å². The summed E-state index contributed by atoms with van der Waals surface area (Å²) < 4.78 is 1.64. The van der Waals surface area contributed by atoms with E-state index < -0.39 is 4.92 Å². The molecule has 74 valence electrons. The number of imidazole rings is 1. The zero-order valence-corrected chi connectivity index (χ0v) is 7.84. The molecule has 1 aromatic heterocycles. The first-order chi connectivity index (χ1) is 7.13. The maximum absolute atomic E-state index is 10.6. The van der Waals surface area contributed by atoms with Gasteiger partial charge in [0.2, 0.25) is 0 Å². The van der Waals surface area contributed by atoms with Crippen LogP contribution in [0.3, 0.4) is 0 Å². The second kappa shape index (κ2) is 3.06. The van der Waals surface area contributed by atoms with Gasteiger partial charge in [0.1, 0.15) is 11.6 Å². The highest BCUT2D eigenvalue weighted by Crippen LogP contribution is 2.23. The molecule has 0 fully saturated rings. The molecule has 0 radical (unpaired) electrons. The number of benzene rings is 1. The average molecular weight is 202 g/mol. The second-order valence-electron chi connectivity index (χ2n) is 3.09. The summed E-state index contributed by atoms with van der Waals surface area (Å²) in [6.45, 7) is 0. The van der Waals surface area contributed by atoms with Crippen molar-refractivity contribution in [3.05, 3.63) is 34.1 Å². The second-order valence-corrected chi connectivity index (χ2v) is 3.09. The van der Waals surface area contributed by atoms with Crippen LogP contribution < -0.4 is 0 Å². The van der Waals surface area contributed by atoms with Gasteiger partial charge >= 0.3 is 0 Å². The normalized spacial score (nSPS) is 10.1. The van der Waals surface area contributed by atoms with Crippen LogP contribution in [0.2, 0.25) is 0 Å². The summed E-state index contributed by atoms with van der Waals surface area (Å²) in [6.07, 6.45) is 1.52. The first-order valence-corrected chi connectivity index (χ1v) is 4.13. The maximum atomic E-state index is 10.6. The molecule has 0 bridgehead atoms. The molecule has 0 atom stereocenters. The molecule has 0 saturated heterocycles. The Morgan fingerprint density at radius 3 is 2.93 bits per heavy atom. The van der Waals surface area contributed by atoms with Crippen molar-refractivity contribution in [3.63, 3.8) is 0 Å². The molecule has 1 heterocycles. The standard InChI is InChI=1S/C9H6N4O2/c1-12-5-11-9-6(4-10)2-7(13(14)15)3-8(9)12/h2-3,5H,1H3. The molecule has 0 aliphatic carbocycles. The van der Waals surface area contributed by atoms with Crippen LogP contribution in [0.1, 0.15) is 5.56 Å². The number of aromatic nitrogens is 2. The topological polar surface area (TPSA) is 84.8 Å². The van der Waals surface area contributed by atoms with E-state index in [0.29, 0.717) is 11.0 Å². The molecule has 1 aromatic carbocycles. The minimum Gasteiger partial charge on any atom is -0.333 e. The van der Waals surface area contributed by atoms with Gasteiger partial charge in [0, 0.05) is 19.2 Å². The number of fused-ring (bicyclic) bond motifs is 1. The summed E-state index contributed by atoms with van der Waals surface area (Å²) in [4.78, 5) is 14.1. The summed E-state index contributed by atoms with van der Waals surface area (Å²) in [6, 6.07) is 4.54. The zero-order valence-electron chi connectivity index (χ0n) is 7.84. The number of hydrogen-bond acceptors (Lipinski definition) is 4. The Kier molecular flexibility index (Phi) is 1.87. The van der Waals surface area contributed by atoms with Crippen molar-refractivity contribution >= 4 is 16.7 Å². The van der Waals surface area contributed by atoms with Gasteiger partial charge in [-0.3, -0.25) is 10.1 Å². The van der Waals surface area contributed by atoms with Gasteiger partial charge in [-0.2, -0.15) is 5.26 Å². The highest BCUT2D eigenvalue weighted by atomic mass is 16.6. The van der Waals surface area contributed by atoms with Crippen LogP contribution in [0.4, 0.5) is 5.69 Å². The molecule has 6 heteroatoms. The number of nitro benzene ring substituents is 1. The third kappa shape index (κ3) is 1.30. The smallest absolute Gasteiger partial charge is 0.272 e. The summed E-state index contributed by atoms with van der Waals surface area (Å²) in [7, 11) is 1.72. The van der Waals surface area contributed by atoms with Crippen molar-refractivity contribution in [3.8, 4) is 6.07 Å². The van der Waals surface area contributed by atoms with E-state index in [4.69, 9.17) is 5.26 Å². The SMILES string of the molecule is Cn1cnc2c(C#N)cc([N+](=O)[O-])cc21. The first kappa shape index (κ1) is 9.15. The molecule has 2 rings (SSSR count). The Bertz CT molecular complexity index is 594. The quantitative estimate of drug-likeness (QED) is 0.516. The molecule has 2 aromatic rings. The zero-order chi connectivity index (χ0) is 11.0. The van der Waals surface area contributed by atoms with Crippen LogP contribution in [0.5, 0.6) is 0 Å². The highest BCUT2D eigenvalue weighted by molar-refractivity contribution is 5.84. The fraction of sp³-hybridized carbons (Fsp3) is 0.111. The van der Waals surface area contributed by atoms with Crippen molar-refractivity contribution in [2.75, 3.05) is 0 Å². The lowest BCUT2D eigenvalue weighted by atomic mass is 10.2. The molecule has 0 saturated carbocycles. The maximum Gasteiger partial charge on any atom is 0.272 e. The molecule has 0 aliphatic heterocycles. The molecule has 0 spiro atoms. The summed E-state index contributed by atoms with van der Waals surface area (Å²) >= 11 is 0. The van der Waals surface area contributed by atoms with E-state index in [9.17, 15) is 10.1 Å². The third-order valence-corrected chi connectivity index (χ3v) is 2.15. The number of hydrogen-bond donors (Lipinski definition) is 0. The summed E-state index contributed by atoms with van der Waals surface area (Å²) in [5, 5.41) is 19.4. The Balaban J connectivity index is 2.87. The van der Waals surface area contributed by atoms with E-state index in [0.717, 1.165) is 0 Å². The molecule has 6 nitrogen and oxygen atoms in total. The summed E-state index contributed by atoms with van der Waals surface area (Å²) in [5.74, 6) is 0. The van der Waals surface area contributed by atoms with E-state index in [1.54, 1.807) is 11.6 Å². The molecule has 0 unspecified atom stereocenters. The van der Waals surface area contributed by atoms with E-state index in [-0.39, 0.29) is 11.3 Å². The first-order valence-electron chi connectivity index (χ1n) is 4.13. The van der Waals surface area contributed by atoms with Crippen molar-refractivity contribution in [1.82, 2.24) is 9.55 Å². The van der Waals surface area contributed by atoms with E-state index in [1.165, 1.54) is 18.5 Å². The monoisotopic (exact) mass is 202 g/mol. The van der Waals surface area contributed by atoms with Crippen LogP contribution in [0.15, 0.2) is 18.5 Å². The van der Waals surface area contributed by atoms with Crippen LogP contribution in [-0.2, 0) is 7.05 Å². The third-order valence-electron chi connectivity index (χ3n) is 2.15. The Morgan fingerprint density at radius 2 is 2.33 bits per heavy atom. The van der Waals surface area contributed by atoms with Gasteiger partial charge < -0.3 is 4.57 Å². The van der Waals surface area contributed by atoms with Gasteiger partial charge in [0.15, 0.2) is 0 Å². The number of rotatable bonds is 1. The van der Waals surface area contributed by atoms with Gasteiger partial charge in [-0.15, -0.1) is 0 Å². The van der Waals surface area contributed by atoms with Gasteiger partial charge in [-0.25, -0.2) is 4.98 Å². The van der Waals surface area contributed by atoms with Crippen molar-refractivity contribution in [2.45, 2.75) is 0 Å². The van der Waals surface area contributed by atoms with E-state index in [2.05, 4.69) is 4.98 Å². The molecular weight excluding hydrogens is 196 g/mol. The van der Waals surface area contributed by atoms with Gasteiger partial charge in [-0.05, 0) is 0 Å². The number of nitro groups is 1. The van der Waals surface area contributed by atoms with Gasteiger partial charge in [0.05, 0.1) is 22.3 Å². The van der Waals surface area contributed by atoms with Gasteiger partial charge in [-0.1, -0.05) is 0 Å². The minimum absolute atomic E-state index is 0.0948. The van der Waals surface area contributed by atoms with Crippen LogP contribution in [-0.4, -0.2) is 14.5 Å². The van der Waals surface area contributed by atoms with Crippen LogP contribution in [0, 0.1) is 21.4 Å². The molecular formula is C9H6N4O2. The number of nitrogens with zero attached hydrogens (tertiary/aromatic N) is 4. The number of aryl methyl sites for hydroxylation is 1. The number of nitriles is 1. The molecule has 15 heavy (non-hydrogen) atoms. The highest BCUT2D eigenvalue weighted by Gasteiger charge is 2.14. The minimum atomic E-state index is -0.521. The molecule has 0 amide bonds. The largest absolute Gasteiger partial charge is 0.333 e. The Labute approximate surface area is 84.5 Å². The fourth-order valence-corrected chi connectivity index (χ4v) is 1.41. The van der Waals surface area contributed by atoms with Crippen molar-refractivity contribution in [2.24, 2.45) is 7.05 Å². The fourth-order valence-electron chi connectivity index (χ4n) is 1.41. The molecule has 0 aliphatic rings. The van der Waals surface area contributed by atoms with Crippen molar-refractivity contribution in [1.29, 1.82) is 5.26 Å². The lowest BCUT2D eigenvalue weighted by Gasteiger charge is -1.96. The van der Waals surface area contributed by atoms with E-state index >= 15 is 0 Å². The lowest BCUT2D eigenvalue weighted by molar-refractivity contribution is -0.384. The average Bonchev–Trinajstić information content (AvgIpc) is 2.59. The van der Waals surface area contributed by atoms with E-state index in [1.807, 2.05) is 6.07 Å². The van der Waals surface area contributed by atoms with Crippen LogP contribution in [0.25, 0.3) is 11.0 Å². The van der Waals surface area contributed by atoms with Crippen LogP contribution >= 0.6 is 0 Å². The lowest BCUT2D eigenvalue weighted by Crippen LogP contribution is -1.92. The number of non-ortho nitro benzene ring substituents is 1. The predicted octanol–water partition coefficient (Wildman–Crippen LogP) is 1.35.